The Labute approximate surface area is 582 Å². The maximum atomic E-state index is 13.2. The highest BCUT2D eigenvalue weighted by Crippen LogP contribution is 2.24. The van der Waals surface area contributed by atoms with Crippen LogP contribution in [0.15, 0.2) is 72.9 Å². The summed E-state index contributed by atoms with van der Waals surface area (Å²) in [5, 5.41) is 55.0. The Morgan fingerprint density at radius 3 is 0.979 bits per heavy atom. The quantitative estimate of drug-likeness (QED) is 0.0261. The molecule has 0 radical (unpaired) electrons. The molecule has 0 bridgehead atoms. The molecule has 0 saturated carbocycles. The standard InChI is InChI=1S/C85H157NO8/c1-3-5-7-9-11-13-15-17-19-21-23-25-27-29-31-33-35-36-37-38-39-40-41-42-43-44-45-47-49-51-53-55-57-59-61-63-65-67-69-71-73-75-81(89)86-78(77-93-85-84(92)83(91)82(90)80(76-87)94-85)79(88)74-72-70-68-66-64-62-60-58-56-54-52-50-48-46-34-32-30-28-26-24-22-20-18-16-14-12-10-8-6-4-2/h5,7,11,13,17,19,23,25,29,31,72,74,78-80,82-85,87-88,90-92H,3-4,6,8-10,12,14-16,18,20-22,24,26-28,30,32-71,73,75-77H2,1-2H3,(H,86,89)/b7-5-,13-11-,19-17-,25-23-,31-29-,74-72+. The summed E-state index contributed by atoms with van der Waals surface area (Å²) >= 11 is 0. The van der Waals surface area contributed by atoms with E-state index in [9.17, 15) is 30.3 Å². The van der Waals surface area contributed by atoms with Crippen LogP contribution in [0.4, 0.5) is 0 Å². The van der Waals surface area contributed by atoms with E-state index in [1.165, 1.54) is 315 Å². The fourth-order valence-corrected chi connectivity index (χ4v) is 13.2. The minimum absolute atomic E-state index is 0.169. The van der Waals surface area contributed by atoms with Crippen molar-refractivity contribution in [1.82, 2.24) is 5.32 Å². The molecule has 0 aromatic heterocycles. The summed E-state index contributed by atoms with van der Waals surface area (Å²) in [6.45, 7) is 3.72. The van der Waals surface area contributed by atoms with E-state index in [0.29, 0.717) is 6.42 Å². The summed E-state index contributed by atoms with van der Waals surface area (Å²) in [5.41, 5.74) is 0. The van der Waals surface area contributed by atoms with Crippen molar-refractivity contribution in [3.8, 4) is 0 Å². The van der Waals surface area contributed by atoms with Crippen LogP contribution in [0.3, 0.4) is 0 Å². The van der Waals surface area contributed by atoms with Gasteiger partial charge in [0.15, 0.2) is 6.29 Å². The lowest BCUT2D eigenvalue weighted by Crippen LogP contribution is -2.60. The van der Waals surface area contributed by atoms with Crippen LogP contribution in [0.2, 0.25) is 0 Å². The first kappa shape index (κ1) is 89.6. The van der Waals surface area contributed by atoms with Crippen LogP contribution in [0, 0.1) is 0 Å². The molecular weight excluding hydrogens is 1160 g/mol. The number of carbonyl (C=O) groups excluding carboxylic acids is 1. The first-order valence-corrected chi connectivity index (χ1v) is 41.2. The smallest absolute Gasteiger partial charge is 0.220 e. The predicted octanol–water partition coefficient (Wildman–Crippen LogP) is 23.8. The van der Waals surface area contributed by atoms with E-state index in [1.807, 2.05) is 6.08 Å². The number of ether oxygens (including phenoxy) is 2. The van der Waals surface area contributed by atoms with Gasteiger partial charge < -0.3 is 40.3 Å². The second-order valence-corrected chi connectivity index (χ2v) is 28.5. The Balaban J connectivity index is 2.04. The van der Waals surface area contributed by atoms with Gasteiger partial charge in [-0.3, -0.25) is 4.79 Å². The third-order valence-electron chi connectivity index (χ3n) is 19.5. The van der Waals surface area contributed by atoms with Crippen molar-refractivity contribution in [1.29, 1.82) is 0 Å². The molecule has 1 heterocycles. The molecule has 0 aliphatic carbocycles. The van der Waals surface area contributed by atoms with Gasteiger partial charge >= 0.3 is 0 Å². The lowest BCUT2D eigenvalue weighted by Gasteiger charge is -2.40. The van der Waals surface area contributed by atoms with Gasteiger partial charge in [-0.05, 0) is 64.2 Å². The maximum Gasteiger partial charge on any atom is 0.220 e. The molecule has 1 aliphatic rings. The van der Waals surface area contributed by atoms with Crippen molar-refractivity contribution in [2.75, 3.05) is 13.2 Å². The van der Waals surface area contributed by atoms with Gasteiger partial charge in [0.25, 0.3) is 0 Å². The Hall–Kier alpha value is -2.37. The van der Waals surface area contributed by atoms with E-state index < -0.39 is 49.5 Å². The van der Waals surface area contributed by atoms with E-state index in [4.69, 9.17) is 9.47 Å². The van der Waals surface area contributed by atoms with Crippen molar-refractivity contribution < 1.29 is 39.8 Å². The number of carbonyl (C=O) groups is 1. The third kappa shape index (κ3) is 60.8. The van der Waals surface area contributed by atoms with Gasteiger partial charge in [-0.15, -0.1) is 0 Å². The summed E-state index contributed by atoms with van der Waals surface area (Å²) in [6, 6.07) is -0.807. The fraction of sp³-hybridized carbons (Fsp3) is 0.847. The molecule has 0 aromatic carbocycles. The molecular formula is C85H157NO8. The van der Waals surface area contributed by atoms with Gasteiger partial charge in [0.05, 0.1) is 25.4 Å². The van der Waals surface area contributed by atoms with Gasteiger partial charge in [-0.1, -0.05) is 408 Å². The van der Waals surface area contributed by atoms with Crippen molar-refractivity contribution in [3.63, 3.8) is 0 Å². The Bertz CT molecular complexity index is 1730. The average Bonchev–Trinajstić information content (AvgIpc) is 0.831. The van der Waals surface area contributed by atoms with E-state index >= 15 is 0 Å². The molecule has 7 atom stereocenters. The number of aliphatic hydroxyl groups excluding tert-OH is 5. The highest BCUT2D eigenvalue weighted by molar-refractivity contribution is 5.76. The van der Waals surface area contributed by atoms with E-state index in [2.05, 4.69) is 79.9 Å². The van der Waals surface area contributed by atoms with Crippen LogP contribution in [0.5, 0.6) is 0 Å². The SMILES string of the molecule is CC/C=C\C/C=C\C/C=C\C/C=C\C/C=C\CCCCCCCCCCCCCCCCCCCCCCCCCCCC(=O)NC(COC1OC(CO)C(O)C(O)C1O)C(O)/C=C/CCCCCCCCCCCCCCCCCCCCCCCCCCCCCC. The molecule has 550 valence electrons. The minimum atomic E-state index is -1.57. The molecule has 0 aromatic rings. The fourth-order valence-electron chi connectivity index (χ4n) is 13.2. The first-order valence-electron chi connectivity index (χ1n) is 41.2. The number of rotatable bonds is 73. The molecule has 1 aliphatic heterocycles. The molecule has 9 heteroatoms. The zero-order valence-corrected chi connectivity index (χ0v) is 62.0. The second kappa shape index (κ2) is 73.3. The Morgan fingerprint density at radius 2 is 0.660 bits per heavy atom. The molecule has 6 N–H and O–H groups in total. The van der Waals surface area contributed by atoms with Crippen molar-refractivity contribution >= 4 is 5.91 Å². The molecule has 94 heavy (non-hydrogen) atoms. The molecule has 7 unspecified atom stereocenters. The second-order valence-electron chi connectivity index (χ2n) is 28.5. The number of allylic oxidation sites excluding steroid dienone is 11. The van der Waals surface area contributed by atoms with Gasteiger partial charge in [0.2, 0.25) is 5.91 Å². The first-order chi connectivity index (χ1) is 46.3. The van der Waals surface area contributed by atoms with Crippen LogP contribution in [0.1, 0.15) is 406 Å². The van der Waals surface area contributed by atoms with E-state index in [0.717, 1.165) is 70.6 Å². The summed E-state index contributed by atoms with van der Waals surface area (Å²) in [4.78, 5) is 13.2. The topological polar surface area (TPSA) is 149 Å². The highest BCUT2D eigenvalue weighted by atomic mass is 16.7. The number of hydrogen-bond acceptors (Lipinski definition) is 8. The van der Waals surface area contributed by atoms with E-state index in [-0.39, 0.29) is 12.5 Å². The van der Waals surface area contributed by atoms with Gasteiger partial charge in [0.1, 0.15) is 24.4 Å². The number of amides is 1. The molecule has 1 rings (SSSR count). The summed E-state index contributed by atoms with van der Waals surface area (Å²) in [7, 11) is 0. The maximum absolute atomic E-state index is 13.2. The van der Waals surface area contributed by atoms with Crippen LogP contribution in [-0.4, -0.2) is 87.5 Å². The molecule has 1 fully saturated rings. The zero-order valence-electron chi connectivity index (χ0n) is 62.0. The highest BCUT2D eigenvalue weighted by Gasteiger charge is 2.44. The number of aliphatic hydroxyl groups is 5. The molecule has 0 spiro atoms. The summed E-state index contributed by atoms with van der Waals surface area (Å²) < 4.78 is 11.4. The van der Waals surface area contributed by atoms with Crippen LogP contribution in [0.25, 0.3) is 0 Å². The minimum Gasteiger partial charge on any atom is -0.394 e. The largest absolute Gasteiger partial charge is 0.394 e. The molecule has 1 saturated heterocycles. The van der Waals surface area contributed by atoms with Crippen LogP contribution in [-0.2, 0) is 14.3 Å². The van der Waals surface area contributed by atoms with Crippen molar-refractivity contribution in [3.05, 3.63) is 72.9 Å². The Kier molecular flexibility index (Phi) is 69.9. The van der Waals surface area contributed by atoms with Gasteiger partial charge in [-0.25, -0.2) is 0 Å². The van der Waals surface area contributed by atoms with Crippen LogP contribution >= 0.6 is 0 Å². The zero-order chi connectivity index (χ0) is 67.8. The average molecular weight is 1320 g/mol. The number of hydrogen-bond donors (Lipinski definition) is 6. The number of nitrogens with one attached hydrogen (secondary N) is 1. The molecule has 9 nitrogen and oxygen atoms in total. The lowest BCUT2D eigenvalue weighted by atomic mass is 9.99. The summed E-state index contributed by atoms with van der Waals surface area (Å²) in [6.07, 6.45) is 97.8. The summed E-state index contributed by atoms with van der Waals surface area (Å²) in [5.74, 6) is -0.169. The van der Waals surface area contributed by atoms with Gasteiger partial charge in [-0.2, -0.15) is 0 Å². The van der Waals surface area contributed by atoms with Crippen molar-refractivity contribution in [2.45, 2.75) is 448 Å². The van der Waals surface area contributed by atoms with Crippen LogP contribution < -0.4 is 5.32 Å². The van der Waals surface area contributed by atoms with Crippen molar-refractivity contribution in [2.24, 2.45) is 0 Å². The normalized spacial score (nSPS) is 17.9. The Morgan fingerprint density at radius 1 is 0.372 bits per heavy atom. The number of unbranched alkanes of at least 4 members (excludes halogenated alkanes) is 53. The predicted molar refractivity (Wildman–Crippen MR) is 405 cm³/mol. The lowest BCUT2D eigenvalue weighted by molar-refractivity contribution is -0.302. The van der Waals surface area contributed by atoms with Gasteiger partial charge in [0, 0.05) is 6.42 Å². The monoisotopic (exact) mass is 1320 g/mol. The third-order valence-corrected chi connectivity index (χ3v) is 19.5. The van der Waals surface area contributed by atoms with E-state index in [1.54, 1.807) is 6.08 Å². The molecule has 1 amide bonds.